The van der Waals surface area contributed by atoms with Crippen LogP contribution >= 0.6 is 0 Å². The number of para-hydroxylation sites is 1. The lowest BCUT2D eigenvalue weighted by Crippen LogP contribution is -2.43. The molecule has 1 saturated heterocycles. The highest BCUT2D eigenvalue weighted by Crippen LogP contribution is 2.25. The van der Waals surface area contributed by atoms with E-state index in [2.05, 4.69) is 25.2 Å². The number of nitrogens with one attached hydrogen (secondary N) is 1. The van der Waals surface area contributed by atoms with Crippen LogP contribution in [0.1, 0.15) is 18.4 Å². The monoisotopic (exact) mass is 377 g/mol. The van der Waals surface area contributed by atoms with E-state index in [0.29, 0.717) is 18.7 Å². The van der Waals surface area contributed by atoms with Gasteiger partial charge in [0.1, 0.15) is 11.3 Å². The van der Waals surface area contributed by atoms with Crippen LogP contribution in [-0.4, -0.2) is 41.1 Å². The molecule has 0 radical (unpaired) electrons. The van der Waals surface area contributed by atoms with Crippen molar-refractivity contribution in [3.63, 3.8) is 0 Å². The number of ether oxygens (including phenoxy) is 1. The summed E-state index contributed by atoms with van der Waals surface area (Å²) in [6.45, 7) is 2.04. The number of fused-ring (bicyclic) bond motifs is 1. The minimum atomic E-state index is -0.0546. The Morgan fingerprint density at radius 3 is 3.00 bits per heavy atom. The SMILES string of the molecule is COc1ccccc1CNC(=O)[C@@H]1CCCN(c2cnc3nccnc3c2)C1. The minimum Gasteiger partial charge on any atom is -0.496 e. The number of hydrogen-bond acceptors (Lipinski definition) is 6. The van der Waals surface area contributed by atoms with E-state index in [4.69, 9.17) is 4.74 Å². The Bertz CT molecular complexity index is 978. The summed E-state index contributed by atoms with van der Waals surface area (Å²) in [7, 11) is 1.64. The number of pyridine rings is 1. The maximum absolute atomic E-state index is 12.7. The number of carbonyl (C=O) groups excluding carboxylic acids is 1. The van der Waals surface area contributed by atoms with E-state index in [0.717, 1.165) is 41.9 Å². The largest absolute Gasteiger partial charge is 0.496 e. The number of methoxy groups -OCH3 is 1. The van der Waals surface area contributed by atoms with Crippen LogP contribution in [0.25, 0.3) is 11.2 Å². The molecular weight excluding hydrogens is 354 g/mol. The molecule has 0 unspecified atom stereocenters. The fraction of sp³-hybridized carbons (Fsp3) is 0.333. The van der Waals surface area contributed by atoms with Gasteiger partial charge in [-0.1, -0.05) is 18.2 Å². The van der Waals surface area contributed by atoms with E-state index < -0.39 is 0 Å². The number of hydrogen-bond donors (Lipinski definition) is 1. The van der Waals surface area contributed by atoms with Crippen molar-refractivity contribution in [1.82, 2.24) is 20.3 Å². The third-order valence-corrected chi connectivity index (χ3v) is 5.11. The lowest BCUT2D eigenvalue weighted by atomic mass is 9.96. The zero-order valence-corrected chi connectivity index (χ0v) is 15.8. The van der Waals surface area contributed by atoms with Crippen molar-refractivity contribution >= 4 is 22.8 Å². The molecule has 2 aromatic heterocycles. The Morgan fingerprint density at radius 2 is 2.11 bits per heavy atom. The number of amides is 1. The normalized spacial score (nSPS) is 16.8. The molecule has 7 heteroatoms. The van der Waals surface area contributed by atoms with Crippen molar-refractivity contribution < 1.29 is 9.53 Å². The Kier molecular flexibility index (Phi) is 5.32. The van der Waals surface area contributed by atoms with Crippen LogP contribution in [0.4, 0.5) is 5.69 Å². The Balaban J connectivity index is 1.42. The summed E-state index contributed by atoms with van der Waals surface area (Å²) in [4.78, 5) is 27.9. The van der Waals surface area contributed by atoms with Crippen LogP contribution in [0.15, 0.2) is 48.9 Å². The average molecular weight is 377 g/mol. The summed E-state index contributed by atoms with van der Waals surface area (Å²) in [5.74, 6) is 0.807. The van der Waals surface area contributed by atoms with Gasteiger partial charge in [0, 0.05) is 37.6 Å². The third kappa shape index (κ3) is 3.88. The summed E-state index contributed by atoms with van der Waals surface area (Å²) in [5, 5.41) is 3.06. The standard InChI is InChI=1S/C21H23N5O2/c1-28-19-7-3-2-5-15(19)12-25-21(27)16-6-4-10-26(14-16)17-11-18-20(24-13-17)23-9-8-22-18/h2-3,5,7-9,11,13,16H,4,6,10,12,14H2,1H3,(H,25,27)/t16-/m1/s1. The predicted molar refractivity (Wildman–Crippen MR) is 107 cm³/mol. The van der Waals surface area contributed by atoms with Gasteiger partial charge in [-0.15, -0.1) is 0 Å². The van der Waals surface area contributed by atoms with Gasteiger partial charge in [0.2, 0.25) is 5.91 Å². The molecule has 0 aliphatic carbocycles. The number of nitrogens with zero attached hydrogens (tertiary/aromatic N) is 4. The molecule has 4 rings (SSSR count). The van der Waals surface area contributed by atoms with Crippen LogP contribution in [0.5, 0.6) is 5.75 Å². The highest BCUT2D eigenvalue weighted by molar-refractivity contribution is 5.80. The Labute approximate surface area is 163 Å². The summed E-state index contributed by atoms with van der Waals surface area (Å²) >= 11 is 0. The van der Waals surface area contributed by atoms with Crippen LogP contribution in [0, 0.1) is 5.92 Å². The summed E-state index contributed by atoms with van der Waals surface area (Å²) in [6.07, 6.45) is 6.96. The van der Waals surface area contributed by atoms with Crippen LogP contribution in [0.2, 0.25) is 0 Å². The second kappa shape index (κ2) is 8.21. The maximum atomic E-state index is 12.7. The third-order valence-electron chi connectivity index (χ3n) is 5.11. The Morgan fingerprint density at radius 1 is 1.25 bits per heavy atom. The molecule has 1 aromatic carbocycles. The van der Waals surface area contributed by atoms with E-state index >= 15 is 0 Å². The van der Waals surface area contributed by atoms with Crippen molar-refractivity contribution in [2.45, 2.75) is 19.4 Å². The molecule has 7 nitrogen and oxygen atoms in total. The van der Waals surface area contributed by atoms with Crippen LogP contribution in [-0.2, 0) is 11.3 Å². The van der Waals surface area contributed by atoms with Gasteiger partial charge in [0.05, 0.1) is 24.9 Å². The number of rotatable bonds is 5. The maximum Gasteiger partial charge on any atom is 0.225 e. The van der Waals surface area contributed by atoms with E-state index in [-0.39, 0.29) is 11.8 Å². The molecule has 3 heterocycles. The second-order valence-corrected chi connectivity index (χ2v) is 6.91. The van der Waals surface area contributed by atoms with E-state index in [1.165, 1.54) is 0 Å². The van der Waals surface area contributed by atoms with Gasteiger partial charge in [0.15, 0.2) is 5.65 Å². The summed E-state index contributed by atoms with van der Waals surface area (Å²) in [5.41, 5.74) is 3.36. The van der Waals surface area contributed by atoms with Crippen molar-refractivity contribution in [1.29, 1.82) is 0 Å². The lowest BCUT2D eigenvalue weighted by molar-refractivity contribution is -0.125. The van der Waals surface area contributed by atoms with Crippen molar-refractivity contribution in [2.24, 2.45) is 5.92 Å². The van der Waals surface area contributed by atoms with Crippen molar-refractivity contribution in [3.05, 3.63) is 54.5 Å². The first kappa shape index (κ1) is 18.2. The quantitative estimate of drug-likeness (QED) is 0.736. The summed E-state index contributed by atoms with van der Waals surface area (Å²) in [6, 6.07) is 9.73. The van der Waals surface area contributed by atoms with Gasteiger partial charge in [-0.2, -0.15) is 0 Å². The molecule has 1 aliphatic heterocycles. The molecular formula is C21H23N5O2. The fourth-order valence-electron chi connectivity index (χ4n) is 3.62. The number of carbonyl (C=O) groups is 1. The smallest absolute Gasteiger partial charge is 0.225 e. The molecule has 28 heavy (non-hydrogen) atoms. The molecule has 1 N–H and O–H groups in total. The molecule has 1 amide bonds. The lowest BCUT2D eigenvalue weighted by Gasteiger charge is -2.33. The molecule has 0 bridgehead atoms. The molecule has 0 saturated carbocycles. The molecule has 1 atom stereocenters. The molecule has 1 fully saturated rings. The number of anilines is 1. The van der Waals surface area contributed by atoms with Crippen LogP contribution in [0.3, 0.4) is 0 Å². The highest BCUT2D eigenvalue weighted by Gasteiger charge is 2.26. The summed E-state index contributed by atoms with van der Waals surface area (Å²) < 4.78 is 5.36. The van der Waals surface area contributed by atoms with E-state index in [1.54, 1.807) is 19.5 Å². The van der Waals surface area contributed by atoms with Gasteiger partial charge >= 0.3 is 0 Å². The molecule has 1 aliphatic rings. The molecule has 3 aromatic rings. The zero-order valence-electron chi connectivity index (χ0n) is 15.8. The Hall–Kier alpha value is -3.22. The van der Waals surface area contributed by atoms with Gasteiger partial charge in [0.25, 0.3) is 0 Å². The zero-order chi connectivity index (χ0) is 19.3. The number of benzene rings is 1. The van der Waals surface area contributed by atoms with E-state index in [1.807, 2.05) is 36.5 Å². The second-order valence-electron chi connectivity index (χ2n) is 6.91. The number of aromatic nitrogens is 3. The van der Waals surface area contributed by atoms with Gasteiger partial charge in [-0.25, -0.2) is 9.97 Å². The van der Waals surface area contributed by atoms with Gasteiger partial charge in [-0.3, -0.25) is 9.78 Å². The van der Waals surface area contributed by atoms with Gasteiger partial charge in [-0.05, 0) is 25.0 Å². The fourth-order valence-corrected chi connectivity index (χ4v) is 3.62. The van der Waals surface area contributed by atoms with Gasteiger partial charge < -0.3 is 15.0 Å². The van der Waals surface area contributed by atoms with Crippen molar-refractivity contribution in [2.75, 3.05) is 25.1 Å². The predicted octanol–water partition coefficient (Wildman–Crippen LogP) is 2.57. The number of piperidine rings is 1. The first-order chi connectivity index (χ1) is 13.7. The first-order valence-corrected chi connectivity index (χ1v) is 9.46. The minimum absolute atomic E-state index is 0.0546. The first-order valence-electron chi connectivity index (χ1n) is 9.46. The van der Waals surface area contributed by atoms with E-state index in [9.17, 15) is 4.79 Å². The molecule has 144 valence electrons. The molecule has 0 spiro atoms. The highest BCUT2D eigenvalue weighted by atomic mass is 16.5. The topological polar surface area (TPSA) is 80.2 Å². The van der Waals surface area contributed by atoms with Crippen molar-refractivity contribution in [3.8, 4) is 5.75 Å². The van der Waals surface area contributed by atoms with Crippen LogP contribution < -0.4 is 15.0 Å². The average Bonchev–Trinajstić information content (AvgIpc) is 2.77.